The molecule has 4 nitrogen and oxygen atoms in total. The number of nitrogens with two attached hydrogens (primary N) is 1. The molecule has 0 spiro atoms. The van der Waals surface area contributed by atoms with Gasteiger partial charge in [-0.05, 0) is 51.0 Å². The number of piperidine rings is 1. The van der Waals surface area contributed by atoms with Crippen molar-refractivity contribution in [1.29, 1.82) is 0 Å². The quantitative estimate of drug-likeness (QED) is 0.923. The van der Waals surface area contributed by atoms with Crippen molar-refractivity contribution in [2.75, 3.05) is 24.5 Å². The Hall–Kier alpha value is -1.46. The predicted molar refractivity (Wildman–Crippen MR) is 82.7 cm³/mol. The number of carbonyl (C=O) groups excluding carboxylic acids is 1. The number of anilines is 1. The van der Waals surface area contributed by atoms with Crippen molar-refractivity contribution >= 4 is 11.6 Å². The van der Waals surface area contributed by atoms with Crippen molar-refractivity contribution in [3.05, 3.63) is 30.1 Å². The molecule has 21 heavy (non-hydrogen) atoms. The second-order valence-corrected chi connectivity index (χ2v) is 5.72. The first-order chi connectivity index (χ1) is 10.0. The Balaban J connectivity index is 2.02. The van der Waals surface area contributed by atoms with Crippen LogP contribution >= 0.6 is 0 Å². The molecule has 0 aliphatic carbocycles. The third-order valence-corrected chi connectivity index (χ3v) is 4.15. The highest BCUT2D eigenvalue weighted by Crippen LogP contribution is 2.18. The standard InChI is InChI=1S/C16H24FN3O/c1-3-20(15-6-4-13(17)5-7-15)16(21)11-19-9-8-14(18)10-12(19)2/h4-7,12,14H,3,8-11,18H2,1-2H3. The van der Waals surface area contributed by atoms with Gasteiger partial charge in [0.2, 0.25) is 5.91 Å². The molecule has 0 bridgehead atoms. The Morgan fingerprint density at radius 3 is 2.67 bits per heavy atom. The van der Waals surface area contributed by atoms with Crippen molar-refractivity contribution < 1.29 is 9.18 Å². The van der Waals surface area contributed by atoms with E-state index in [2.05, 4.69) is 11.8 Å². The Bertz CT molecular complexity index is 477. The Labute approximate surface area is 125 Å². The molecule has 1 fully saturated rings. The number of rotatable bonds is 4. The monoisotopic (exact) mass is 293 g/mol. The maximum Gasteiger partial charge on any atom is 0.241 e. The first-order valence-electron chi connectivity index (χ1n) is 7.56. The highest BCUT2D eigenvalue weighted by molar-refractivity contribution is 5.94. The zero-order valence-corrected chi connectivity index (χ0v) is 12.8. The molecule has 2 N–H and O–H groups in total. The van der Waals surface area contributed by atoms with Crippen LogP contribution in [0.4, 0.5) is 10.1 Å². The zero-order valence-electron chi connectivity index (χ0n) is 12.8. The number of benzene rings is 1. The lowest BCUT2D eigenvalue weighted by Crippen LogP contribution is -2.50. The van der Waals surface area contributed by atoms with E-state index in [1.165, 1.54) is 12.1 Å². The number of halogens is 1. The highest BCUT2D eigenvalue weighted by atomic mass is 19.1. The Morgan fingerprint density at radius 2 is 2.10 bits per heavy atom. The van der Waals surface area contributed by atoms with Crippen molar-refractivity contribution in [3.8, 4) is 0 Å². The van der Waals surface area contributed by atoms with Crippen molar-refractivity contribution in [2.45, 2.75) is 38.8 Å². The number of likely N-dealkylation sites (tertiary alicyclic amines) is 1. The van der Waals surface area contributed by atoms with E-state index < -0.39 is 0 Å². The number of hydrogen-bond donors (Lipinski definition) is 1. The summed E-state index contributed by atoms with van der Waals surface area (Å²) in [6.45, 7) is 5.86. The van der Waals surface area contributed by atoms with E-state index >= 15 is 0 Å². The maximum absolute atomic E-state index is 13.0. The van der Waals surface area contributed by atoms with E-state index in [1.54, 1.807) is 17.0 Å². The molecule has 0 radical (unpaired) electrons. The van der Waals surface area contributed by atoms with E-state index in [9.17, 15) is 9.18 Å². The largest absolute Gasteiger partial charge is 0.328 e. The summed E-state index contributed by atoms with van der Waals surface area (Å²) in [4.78, 5) is 16.4. The zero-order chi connectivity index (χ0) is 15.4. The number of hydrogen-bond acceptors (Lipinski definition) is 3. The van der Waals surface area contributed by atoms with Crippen LogP contribution in [-0.4, -0.2) is 42.5 Å². The summed E-state index contributed by atoms with van der Waals surface area (Å²) in [5.41, 5.74) is 6.69. The summed E-state index contributed by atoms with van der Waals surface area (Å²) < 4.78 is 13.0. The van der Waals surface area contributed by atoms with Gasteiger partial charge >= 0.3 is 0 Å². The highest BCUT2D eigenvalue weighted by Gasteiger charge is 2.26. The van der Waals surface area contributed by atoms with Crippen molar-refractivity contribution in [2.24, 2.45) is 5.73 Å². The van der Waals surface area contributed by atoms with Gasteiger partial charge in [-0.2, -0.15) is 0 Å². The molecule has 2 unspecified atom stereocenters. The normalized spacial score (nSPS) is 23.0. The molecule has 1 aromatic carbocycles. The Morgan fingerprint density at radius 1 is 1.43 bits per heavy atom. The summed E-state index contributed by atoms with van der Waals surface area (Å²) in [7, 11) is 0. The fourth-order valence-electron chi connectivity index (χ4n) is 2.88. The third kappa shape index (κ3) is 4.02. The predicted octanol–water partition coefficient (Wildman–Crippen LogP) is 1.99. The van der Waals surface area contributed by atoms with Crippen LogP contribution in [0.5, 0.6) is 0 Å². The van der Waals surface area contributed by atoms with Crippen LogP contribution in [0, 0.1) is 5.82 Å². The number of likely N-dealkylation sites (N-methyl/N-ethyl adjacent to an activating group) is 1. The van der Waals surface area contributed by atoms with Crippen LogP contribution in [0.3, 0.4) is 0 Å². The molecule has 1 aromatic rings. The molecule has 1 saturated heterocycles. The molecule has 1 amide bonds. The fourth-order valence-corrected chi connectivity index (χ4v) is 2.88. The molecule has 0 aromatic heterocycles. The van der Waals surface area contributed by atoms with Gasteiger partial charge in [0.1, 0.15) is 5.82 Å². The van der Waals surface area contributed by atoms with Crippen LogP contribution in [0.15, 0.2) is 24.3 Å². The lowest BCUT2D eigenvalue weighted by molar-refractivity contribution is -0.120. The first-order valence-corrected chi connectivity index (χ1v) is 7.56. The second kappa shape index (κ2) is 7.00. The number of nitrogens with zero attached hydrogens (tertiary/aromatic N) is 2. The van der Waals surface area contributed by atoms with Gasteiger partial charge in [0.25, 0.3) is 0 Å². The van der Waals surface area contributed by atoms with Gasteiger partial charge in [-0.25, -0.2) is 4.39 Å². The molecule has 1 aliphatic rings. The number of amides is 1. The van der Waals surface area contributed by atoms with Gasteiger partial charge in [0.15, 0.2) is 0 Å². The average Bonchev–Trinajstić information content (AvgIpc) is 2.45. The Kier molecular flexibility index (Phi) is 5.31. The minimum absolute atomic E-state index is 0.0476. The first kappa shape index (κ1) is 15.9. The van der Waals surface area contributed by atoms with Gasteiger partial charge in [-0.1, -0.05) is 0 Å². The van der Waals surface area contributed by atoms with E-state index in [0.717, 1.165) is 25.1 Å². The molecule has 2 rings (SSSR count). The van der Waals surface area contributed by atoms with Crippen molar-refractivity contribution in [1.82, 2.24) is 4.90 Å². The summed E-state index contributed by atoms with van der Waals surface area (Å²) >= 11 is 0. The molecule has 0 saturated carbocycles. The van der Waals surface area contributed by atoms with Gasteiger partial charge in [0.05, 0.1) is 6.54 Å². The van der Waals surface area contributed by atoms with Gasteiger partial charge < -0.3 is 10.6 Å². The van der Waals surface area contributed by atoms with E-state index in [0.29, 0.717) is 19.1 Å². The fraction of sp³-hybridized carbons (Fsp3) is 0.562. The van der Waals surface area contributed by atoms with E-state index in [4.69, 9.17) is 5.73 Å². The van der Waals surface area contributed by atoms with Crippen LogP contribution in [0.2, 0.25) is 0 Å². The van der Waals surface area contributed by atoms with Crippen molar-refractivity contribution in [3.63, 3.8) is 0 Å². The van der Waals surface area contributed by atoms with Crippen LogP contribution < -0.4 is 10.6 Å². The molecule has 1 heterocycles. The molecular formula is C16H24FN3O. The van der Waals surface area contributed by atoms with Gasteiger partial charge in [-0.15, -0.1) is 0 Å². The van der Waals surface area contributed by atoms with E-state index in [1.807, 2.05) is 6.92 Å². The summed E-state index contributed by atoms with van der Waals surface area (Å²) in [6.07, 6.45) is 1.86. The second-order valence-electron chi connectivity index (χ2n) is 5.72. The smallest absolute Gasteiger partial charge is 0.241 e. The summed E-state index contributed by atoms with van der Waals surface area (Å²) in [5, 5.41) is 0. The molecule has 116 valence electrons. The number of carbonyl (C=O) groups is 1. The average molecular weight is 293 g/mol. The SMILES string of the molecule is CCN(C(=O)CN1CCC(N)CC1C)c1ccc(F)cc1. The topological polar surface area (TPSA) is 49.6 Å². The third-order valence-electron chi connectivity index (χ3n) is 4.15. The van der Waals surface area contributed by atoms with E-state index in [-0.39, 0.29) is 17.8 Å². The van der Waals surface area contributed by atoms with Gasteiger partial charge in [-0.3, -0.25) is 9.69 Å². The minimum atomic E-state index is -0.291. The van der Waals surface area contributed by atoms with Gasteiger partial charge in [0, 0.05) is 30.9 Å². The molecular weight excluding hydrogens is 269 g/mol. The lowest BCUT2D eigenvalue weighted by atomic mass is 9.99. The molecule has 2 atom stereocenters. The van der Waals surface area contributed by atoms with Crippen LogP contribution in [-0.2, 0) is 4.79 Å². The van der Waals surface area contributed by atoms with Crippen LogP contribution in [0.1, 0.15) is 26.7 Å². The lowest BCUT2D eigenvalue weighted by Gasteiger charge is -2.36. The minimum Gasteiger partial charge on any atom is -0.328 e. The summed E-state index contributed by atoms with van der Waals surface area (Å²) in [6, 6.07) is 6.62. The summed E-state index contributed by atoms with van der Waals surface area (Å²) in [5.74, 6) is -0.243. The van der Waals surface area contributed by atoms with Crippen LogP contribution in [0.25, 0.3) is 0 Å². The molecule has 5 heteroatoms. The molecule has 1 aliphatic heterocycles. The maximum atomic E-state index is 13.0.